The third-order valence-corrected chi connectivity index (χ3v) is 3.94. The van der Waals surface area contributed by atoms with Crippen LogP contribution in [0.15, 0.2) is 35.6 Å². The number of nitrogens with one attached hydrogen (secondary N) is 2. The second kappa shape index (κ2) is 9.95. The smallest absolute Gasteiger partial charge is 0.416 e. The number of ether oxygens (including phenoxy) is 1. The van der Waals surface area contributed by atoms with Crippen LogP contribution in [0.2, 0.25) is 0 Å². The number of benzene rings is 1. The van der Waals surface area contributed by atoms with E-state index >= 15 is 0 Å². The fourth-order valence-corrected chi connectivity index (χ4v) is 2.37. The molecule has 0 amide bonds. The van der Waals surface area contributed by atoms with Crippen molar-refractivity contribution >= 4 is 5.96 Å². The van der Waals surface area contributed by atoms with E-state index in [-0.39, 0.29) is 11.9 Å². The first kappa shape index (κ1) is 21.5. The van der Waals surface area contributed by atoms with Gasteiger partial charge in [0.25, 0.3) is 0 Å². The zero-order valence-corrected chi connectivity index (χ0v) is 16.1. The summed E-state index contributed by atoms with van der Waals surface area (Å²) in [6.45, 7) is 5.24. The highest BCUT2D eigenvalue weighted by Crippen LogP contribution is 2.31. The maximum Gasteiger partial charge on any atom is 0.416 e. The monoisotopic (exact) mass is 398 g/mol. The van der Waals surface area contributed by atoms with Crippen molar-refractivity contribution in [2.24, 2.45) is 12.0 Å². The molecule has 1 atom stereocenters. The van der Waals surface area contributed by atoms with E-state index in [0.29, 0.717) is 37.8 Å². The highest BCUT2D eigenvalue weighted by molar-refractivity contribution is 5.79. The van der Waals surface area contributed by atoms with E-state index in [1.54, 1.807) is 11.7 Å². The molecule has 0 saturated carbocycles. The molecule has 1 unspecified atom stereocenters. The van der Waals surface area contributed by atoms with Crippen molar-refractivity contribution in [2.75, 3.05) is 13.1 Å². The molecular formula is C18H25F3N6O. The predicted octanol–water partition coefficient (Wildman–Crippen LogP) is 2.75. The van der Waals surface area contributed by atoms with E-state index in [4.69, 9.17) is 4.74 Å². The van der Waals surface area contributed by atoms with Gasteiger partial charge in [-0.15, -0.1) is 0 Å². The van der Waals surface area contributed by atoms with Crippen LogP contribution in [-0.4, -0.2) is 39.9 Å². The van der Waals surface area contributed by atoms with Crippen molar-refractivity contribution in [3.8, 4) is 5.75 Å². The Bertz CT molecular complexity index is 775. The van der Waals surface area contributed by atoms with Gasteiger partial charge in [0.15, 0.2) is 5.96 Å². The van der Waals surface area contributed by atoms with Gasteiger partial charge in [0.2, 0.25) is 0 Å². The lowest BCUT2D eigenvalue weighted by molar-refractivity contribution is -0.137. The molecule has 28 heavy (non-hydrogen) atoms. The van der Waals surface area contributed by atoms with Gasteiger partial charge < -0.3 is 15.4 Å². The molecule has 1 heterocycles. The third-order valence-electron chi connectivity index (χ3n) is 3.94. The van der Waals surface area contributed by atoms with E-state index < -0.39 is 11.7 Å². The van der Waals surface area contributed by atoms with E-state index in [1.165, 1.54) is 18.5 Å². The molecule has 0 saturated heterocycles. The van der Waals surface area contributed by atoms with Crippen LogP contribution >= 0.6 is 0 Å². The molecule has 0 radical (unpaired) electrons. The van der Waals surface area contributed by atoms with Crippen LogP contribution in [0.5, 0.6) is 5.75 Å². The second-order valence-corrected chi connectivity index (χ2v) is 6.05. The topological polar surface area (TPSA) is 76.4 Å². The van der Waals surface area contributed by atoms with Gasteiger partial charge in [-0.2, -0.15) is 18.3 Å². The summed E-state index contributed by atoms with van der Waals surface area (Å²) in [7, 11) is 1.79. The molecule has 0 aliphatic carbocycles. The molecule has 0 aliphatic rings. The summed E-state index contributed by atoms with van der Waals surface area (Å²) in [5.41, 5.74) is -0.730. The van der Waals surface area contributed by atoms with Crippen LogP contribution in [-0.2, 0) is 19.8 Å². The Hall–Kier alpha value is -2.78. The van der Waals surface area contributed by atoms with Crippen LogP contribution in [0.4, 0.5) is 13.2 Å². The minimum absolute atomic E-state index is 0.185. The normalized spacial score (nSPS) is 13.3. The summed E-state index contributed by atoms with van der Waals surface area (Å²) in [6, 6.07) is 4.89. The third kappa shape index (κ3) is 6.43. The van der Waals surface area contributed by atoms with Crippen LogP contribution in [0.3, 0.4) is 0 Å². The van der Waals surface area contributed by atoms with Gasteiger partial charge in [0, 0.05) is 13.6 Å². The summed E-state index contributed by atoms with van der Waals surface area (Å²) in [6.07, 6.45) is -2.64. The zero-order valence-electron chi connectivity index (χ0n) is 16.1. The fourth-order valence-electron chi connectivity index (χ4n) is 2.37. The Morgan fingerprint density at radius 2 is 2.07 bits per heavy atom. The average Bonchev–Trinajstić information content (AvgIpc) is 3.07. The molecule has 154 valence electrons. The molecule has 10 heteroatoms. The molecule has 2 aromatic rings. The molecule has 1 aromatic heterocycles. The summed E-state index contributed by atoms with van der Waals surface area (Å²) < 4.78 is 45.9. The van der Waals surface area contributed by atoms with E-state index in [9.17, 15) is 13.2 Å². The maximum atomic E-state index is 12.9. The van der Waals surface area contributed by atoms with Crippen LogP contribution < -0.4 is 15.4 Å². The highest BCUT2D eigenvalue weighted by atomic mass is 19.4. The summed E-state index contributed by atoms with van der Waals surface area (Å²) in [5, 5.41) is 10.3. The molecule has 2 N–H and O–H groups in total. The lowest BCUT2D eigenvalue weighted by Gasteiger charge is -2.20. The second-order valence-electron chi connectivity index (χ2n) is 6.05. The van der Waals surface area contributed by atoms with Crippen molar-refractivity contribution in [3.05, 3.63) is 42.0 Å². The minimum Gasteiger partial charge on any atom is -0.489 e. The van der Waals surface area contributed by atoms with Crippen LogP contribution in [0, 0.1) is 0 Å². The quantitative estimate of drug-likeness (QED) is 0.528. The van der Waals surface area contributed by atoms with Gasteiger partial charge in [-0.1, -0.05) is 13.0 Å². The Balaban J connectivity index is 1.97. The van der Waals surface area contributed by atoms with Gasteiger partial charge in [0.05, 0.1) is 12.1 Å². The van der Waals surface area contributed by atoms with E-state index in [1.807, 2.05) is 13.8 Å². The number of aliphatic imine (C=N–C) groups is 1. The van der Waals surface area contributed by atoms with Crippen molar-refractivity contribution in [1.29, 1.82) is 0 Å². The van der Waals surface area contributed by atoms with Gasteiger partial charge in [-0.05, 0) is 31.5 Å². The molecule has 0 bridgehead atoms. The van der Waals surface area contributed by atoms with Crippen molar-refractivity contribution in [3.63, 3.8) is 0 Å². The molecule has 0 spiro atoms. The first-order valence-corrected chi connectivity index (χ1v) is 9.02. The lowest BCUT2D eigenvalue weighted by atomic mass is 10.2. The number of aromatic nitrogens is 3. The van der Waals surface area contributed by atoms with Gasteiger partial charge in [-0.25, -0.2) is 9.98 Å². The first-order chi connectivity index (χ1) is 13.3. The number of guanidine groups is 1. The largest absolute Gasteiger partial charge is 0.489 e. The molecule has 0 aliphatic heterocycles. The number of alkyl halides is 3. The van der Waals surface area contributed by atoms with E-state index in [2.05, 4.69) is 25.7 Å². The Morgan fingerprint density at radius 3 is 2.68 bits per heavy atom. The van der Waals surface area contributed by atoms with Crippen LogP contribution in [0.1, 0.15) is 31.7 Å². The van der Waals surface area contributed by atoms with Gasteiger partial charge in [0.1, 0.15) is 30.5 Å². The maximum absolute atomic E-state index is 12.9. The first-order valence-electron chi connectivity index (χ1n) is 9.02. The number of rotatable bonds is 8. The predicted molar refractivity (Wildman–Crippen MR) is 100.0 cm³/mol. The van der Waals surface area contributed by atoms with Gasteiger partial charge >= 0.3 is 6.18 Å². The minimum atomic E-state index is -4.40. The summed E-state index contributed by atoms with van der Waals surface area (Å²) in [5.74, 6) is 1.46. The SMILES string of the molecule is CCNC(=NCc1ncnn1C)NCC(CC)Oc1cccc(C(F)(F)F)c1. The Labute approximate surface area is 162 Å². The Kier molecular flexibility index (Phi) is 7.65. The molecule has 7 nitrogen and oxygen atoms in total. The lowest BCUT2D eigenvalue weighted by Crippen LogP contribution is -2.42. The molecule has 2 rings (SSSR count). The standard InChI is InChI=1S/C18H25F3N6O/c1-4-14(28-15-8-6-7-13(9-15)18(19,20)21)10-23-17(22-5-2)24-11-16-25-12-26-27(16)3/h6-9,12,14H,4-5,10-11H2,1-3H3,(H2,22,23,24). The average molecular weight is 398 g/mol. The highest BCUT2D eigenvalue weighted by Gasteiger charge is 2.30. The fraction of sp³-hybridized carbons (Fsp3) is 0.500. The number of hydrogen-bond donors (Lipinski definition) is 2. The van der Waals surface area contributed by atoms with Crippen molar-refractivity contribution in [2.45, 2.75) is 39.1 Å². The van der Waals surface area contributed by atoms with E-state index in [0.717, 1.165) is 12.1 Å². The molecule has 0 fully saturated rings. The zero-order chi connectivity index (χ0) is 20.6. The van der Waals surface area contributed by atoms with Gasteiger partial charge in [-0.3, -0.25) is 4.68 Å². The number of hydrogen-bond acceptors (Lipinski definition) is 4. The van der Waals surface area contributed by atoms with Crippen LogP contribution in [0.25, 0.3) is 0 Å². The number of halogens is 3. The summed E-state index contributed by atoms with van der Waals surface area (Å²) in [4.78, 5) is 8.56. The number of aryl methyl sites for hydroxylation is 1. The van der Waals surface area contributed by atoms with Crippen molar-refractivity contribution < 1.29 is 17.9 Å². The summed E-state index contributed by atoms with van der Waals surface area (Å²) >= 11 is 0. The molecule has 1 aromatic carbocycles. The van der Waals surface area contributed by atoms with Crippen molar-refractivity contribution in [1.82, 2.24) is 25.4 Å². The molecular weight excluding hydrogens is 373 g/mol. The number of nitrogens with zero attached hydrogens (tertiary/aromatic N) is 4. The Morgan fingerprint density at radius 1 is 1.29 bits per heavy atom.